The van der Waals surface area contributed by atoms with E-state index in [1.165, 1.54) is 0 Å². The van der Waals surface area contributed by atoms with Crippen LogP contribution in [-0.2, 0) is 0 Å². The minimum atomic E-state index is 0.191. The average molecular weight is 333 g/mol. The van der Waals surface area contributed by atoms with E-state index in [0.29, 0.717) is 5.82 Å². The summed E-state index contributed by atoms with van der Waals surface area (Å²) in [6, 6.07) is 14.8. The molecule has 0 aliphatic carbocycles. The van der Waals surface area contributed by atoms with Crippen molar-refractivity contribution in [3.63, 3.8) is 0 Å². The highest BCUT2D eigenvalue weighted by atomic mass is 16.3. The maximum Gasteiger partial charge on any atom is 0.123 e. The minimum absolute atomic E-state index is 0.191. The van der Waals surface area contributed by atoms with Crippen LogP contribution in [0.1, 0.15) is 19.4 Å². The number of hydrogen-bond donors (Lipinski definition) is 3. The van der Waals surface area contributed by atoms with Crippen LogP contribution >= 0.6 is 0 Å². The number of phenolic OH excluding ortho intramolecular Hbond substituents is 1. The van der Waals surface area contributed by atoms with Crippen LogP contribution in [0.25, 0.3) is 0 Å². The van der Waals surface area contributed by atoms with Crippen molar-refractivity contribution in [2.75, 3.05) is 10.6 Å². The van der Waals surface area contributed by atoms with E-state index in [1.54, 1.807) is 18.2 Å². The SMILES string of the molecule is C=C(C)Nc1ccc(C(/C=C\C)=NC(=C)Nc2cccc(O)c2)cc1. The number of anilines is 2. The second-order valence-electron chi connectivity index (χ2n) is 5.60. The molecule has 0 atom stereocenters. The van der Waals surface area contributed by atoms with Crippen LogP contribution in [0.2, 0.25) is 0 Å². The summed E-state index contributed by atoms with van der Waals surface area (Å²) in [5.74, 6) is 0.680. The van der Waals surface area contributed by atoms with Crippen molar-refractivity contribution in [1.29, 1.82) is 0 Å². The van der Waals surface area contributed by atoms with E-state index in [4.69, 9.17) is 0 Å². The zero-order chi connectivity index (χ0) is 18.2. The molecule has 4 heteroatoms. The molecule has 0 radical (unpaired) electrons. The first-order chi connectivity index (χ1) is 12.0. The van der Waals surface area contributed by atoms with E-state index in [1.807, 2.05) is 56.3 Å². The molecule has 0 aliphatic rings. The zero-order valence-electron chi connectivity index (χ0n) is 14.6. The third-order valence-electron chi connectivity index (χ3n) is 3.25. The van der Waals surface area contributed by atoms with Crippen LogP contribution < -0.4 is 10.6 Å². The largest absolute Gasteiger partial charge is 0.508 e. The zero-order valence-corrected chi connectivity index (χ0v) is 14.6. The lowest BCUT2D eigenvalue weighted by molar-refractivity contribution is 0.475. The molecule has 0 saturated heterocycles. The number of rotatable bonds is 7. The summed E-state index contributed by atoms with van der Waals surface area (Å²) in [5, 5.41) is 15.8. The van der Waals surface area contributed by atoms with Gasteiger partial charge < -0.3 is 15.7 Å². The summed E-state index contributed by atoms with van der Waals surface area (Å²) in [5.41, 5.74) is 4.37. The number of phenols is 1. The van der Waals surface area contributed by atoms with E-state index >= 15 is 0 Å². The number of allylic oxidation sites excluding steroid dienone is 3. The van der Waals surface area contributed by atoms with Gasteiger partial charge in [0.1, 0.15) is 11.6 Å². The average Bonchev–Trinajstić information content (AvgIpc) is 2.54. The molecule has 0 aromatic heterocycles. The molecule has 0 amide bonds. The number of hydrogen-bond acceptors (Lipinski definition) is 4. The fraction of sp³-hybridized carbons (Fsp3) is 0.0952. The molecule has 0 spiro atoms. The molecule has 2 aromatic rings. The normalized spacial score (nSPS) is 11.4. The molecule has 2 rings (SSSR count). The van der Waals surface area contributed by atoms with Crippen molar-refractivity contribution in [3.05, 3.63) is 90.9 Å². The number of aromatic hydroxyl groups is 1. The molecule has 128 valence electrons. The van der Waals surface area contributed by atoms with Crippen LogP contribution in [0.3, 0.4) is 0 Å². The molecular formula is C21H23N3O. The molecule has 25 heavy (non-hydrogen) atoms. The topological polar surface area (TPSA) is 56.7 Å². The summed E-state index contributed by atoms with van der Waals surface area (Å²) in [6.45, 7) is 11.6. The predicted molar refractivity (Wildman–Crippen MR) is 107 cm³/mol. The van der Waals surface area contributed by atoms with Gasteiger partial charge in [-0.05, 0) is 44.2 Å². The Morgan fingerprint density at radius 1 is 1.04 bits per heavy atom. The van der Waals surface area contributed by atoms with Crippen LogP contribution in [0.15, 0.2) is 90.4 Å². The molecule has 0 aliphatic heterocycles. The van der Waals surface area contributed by atoms with Gasteiger partial charge in [0.2, 0.25) is 0 Å². The van der Waals surface area contributed by atoms with Gasteiger partial charge in [0.25, 0.3) is 0 Å². The van der Waals surface area contributed by atoms with Gasteiger partial charge in [0.15, 0.2) is 0 Å². The van der Waals surface area contributed by atoms with E-state index in [2.05, 4.69) is 28.8 Å². The Hall–Kier alpha value is -3.27. The van der Waals surface area contributed by atoms with Crippen LogP contribution in [0.5, 0.6) is 5.75 Å². The fourth-order valence-corrected chi connectivity index (χ4v) is 2.25. The minimum Gasteiger partial charge on any atom is -0.508 e. The first-order valence-corrected chi connectivity index (χ1v) is 7.97. The number of nitrogens with zero attached hydrogens (tertiary/aromatic N) is 1. The smallest absolute Gasteiger partial charge is 0.123 e. The Bertz CT molecular complexity index is 817. The Morgan fingerprint density at radius 3 is 2.36 bits per heavy atom. The maximum atomic E-state index is 9.53. The first-order valence-electron chi connectivity index (χ1n) is 7.97. The van der Waals surface area contributed by atoms with Crippen molar-refractivity contribution in [3.8, 4) is 5.75 Å². The highest BCUT2D eigenvalue weighted by Crippen LogP contribution is 2.18. The molecular weight excluding hydrogens is 310 g/mol. The van der Waals surface area contributed by atoms with Gasteiger partial charge in [-0.3, -0.25) is 0 Å². The highest BCUT2D eigenvalue weighted by Gasteiger charge is 2.03. The molecule has 2 aromatic carbocycles. The lowest BCUT2D eigenvalue weighted by Gasteiger charge is -2.09. The Labute approximate surface area is 148 Å². The van der Waals surface area contributed by atoms with Crippen molar-refractivity contribution >= 4 is 17.1 Å². The Balaban J connectivity index is 2.19. The van der Waals surface area contributed by atoms with E-state index < -0.39 is 0 Å². The van der Waals surface area contributed by atoms with Gasteiger partial charge in [0.05, 0.1) is 5.71 Å². The van der Waals surface area contributed by atoms with Crippen molar-refractivity contribution in [1.82, 2.24) is 0 Å². The molecule has 4 nitrogen and oxygen atoms in total. The Kier molecular flexibility index (Phi) is 6.18. The van der Waals surface area contributed by atoms with Crippen LogP contribution in [-0.4, -0.2) is 10.8 Å². The van der Waals surface area contributed by atoms with Gasteiger partial charge in [-0.2, -0.15) is 0 Å². The molecule has 0 heterocycles. The number of aliphatic imine (C=N–C) groups is 1. The number of benzene rings is 2. The third-order valence-corrected chi connectivity index (χ3v) is 3.25. The van der Waals surface area contributed by atoms with Crippen LogP contribution in [0, 0.1) is 0 Å². The first kappa shape index (κ1) is 18.1. The summed E-state index contributed by atoms with van der Waals surface area (Å²) < 4.78 is 0. The van der Waals surface area contributed by atoms with Crippen molar-refractivity contribution in [2.24, 2.45) is 4.99 Å². The second-order valence-corrected chi connectivity index (χ2v) is 5.60. The lowest BCUT2D eigenvalue weighted by Crippen LogP contribution is -2.03. The summed E-state index contributed by atoms with van der Waals surface area (Å²) in [4.78, 5) is 4.56. The van der Waals surface area contributed by atoms with Gasteiger partial charge in [-0.15, -0.1) is 0 Å². The van der Waals surface area contributed by atoms with E-state index in [9.17, 15) is 5.11 Å². The van der Waals surface area contributed by atoms with E-state index in [-0.39, 0.29) is 5.75 Å². The fourth-order valence-electron chi connectivity index (χ4n) is 2.25. The predicted octanol–water partition coefficient (Wildman–Crippen LogP) is 5.29. The second kappa shape index (κ2) is 8.55. The summed E-state index contributed by atoms with van der Waals surface area (Å²) >= 11 is 0. The number of nitrogens with one attached hydrogen (secondary N) is 2. The quantitative estimate of drug-likeness (QED) is 0.604. The monoisotopic (exact) mass is 333 g/mol. The summed E-state index contributed by atoms with van der Waals surface area (Å²) in [6.07, 6.45) is 3.86. The molecule has 0 saturated carbocycles. The van der Waals surface area contributed by atoms with Gasteiger partial charge >= 0.3 is 0 Å². The maximum absolute atomic E-state index is 9.53. The van der Waals surface area contributed by atoms with Gasteiger partial charge in [-0.25, -0.2) is 4.99 Å². The van der Waals surface area contributed by atoms with Crippen LogP contribution in [0.4, 0.5) is 11.4 Å². The molecule has 3 N–H and O–H groups in total. The highest BCUT2D eigenvalue weighted by molar-refractivity contribution is 6.09. The molecule has 0 fully saturated rings. The van der Waals surface area contributed by atoms with Crippen molar-refractivity contribution in [2.45, 2.75) is 13.8 Å². The van der Waals surface area contributed by atoms with Crippen molar-refractivity contribution < 1.29 is 5.11 Å². The lowest BCUT2D eigenvalue weighted by atomic mass is 10.1. The van der Waals surface area contributed by atoms with Gasteiger partial charge in [0, 0.05) is 28.7 Å². The Morgan fingerprint density at radius 2 is 1.76 bits per heavy atom. The summed E-state index contributed by atoms with van der Waals surface area (Å²) in [7, 11) is 0. The van der Waals surface area contributed by atoms with Gasteiger partial charge in [-0.1, -0.05) is 37.4 Å². The molecule has 0 unspecified atom stereocenters. The molecule has 0 bridgehead atoms. The third kappa shape index (κ3) is 5.70. The van der Waals surface area contributed by atoms with E-state index in [0.717, 1.165) is 28.3 Å². The standard InChI is InChI=1S/C21H23N3O/c1-5-7-21(17-10-12-18(13-11-17)22-15(2)3)24-16(4)23-19-8-6-9-20(25)14-19/h5-14,22-23,25H,2,4H2,1,3H3/b7-5-,24-21?.